The van der Waals surface area contributed by atoms with Crippen LogP contribution in [0.15, 0.2) is 12.1 Å². The monoisotopic (exact) mass is 247 g/mol. The van der Waals surface area contributed by atoms with Crippen LogP contribution in [0.4, 0.5) is 5.69 Å². The van der Waals surface area contributed by atoms with Crippen molar-refractivity contribution >= 4 is 17.5 Å². The minimum absolute atomic E-state index is 0.176. The fourth-order valence-electron chi connectivity index (χ4n) is 2.22. The zero-order chi connectivity index (χ0) is 13.7. The molecule has 0 saturated carbocycles. The number of carbonyl (C=O) groups is 2. The van der Waals surface area contributed by atoms with Crippen LogP contribution >= 0.6 is 0 Å². The van der Waals surface area contributed by atoms with E-state index >= 15 is 0 Å². The Balaban J connectivity index is 2.53. The third-order valence-corrected chi connectivity index (χ3v) is 3.38. The summed E-state index contributed by atoms with van der Waals surface area (Å²) in [6.45, 7) is 7.07. The molecule has 4 heteroatoms. The highest BCUT2D eigenvalue weighted by atomic mass is 16.3. The molecule has 0 bridgehead atoms. The van der Waals surface area contributed by atoms with E-state index in [0.29, 0.717) is 11.3 Å². The molecule has 2 rings (SSSR count). The molecule has 1 aromatic carbocycles. The van der Waals surface area contributed by atoms with E-state index in [4.69, 9.17) is 0 Å². The molecule has 1 aliphatic heterocycles. The van der Waals surface area contributed by atoms with Crippen molar-refractivity contribution in [3.05, 3.63) is 23.3 Å². The SMILES string of the molecule is Cc1cc(N2C(=O)CC(C)(C)C2=O)c(C)cc1O. The van der Waals surface area contributed by atoms with Crippen molar-refractivity contribution in [1.82, 2.24) is 0 Å². The van der Waals surface area contributed by atoms with E-state index in [1.54, 1.807) is 39.8 Å². The zero-order valence-electron chi connectivity index (χ0n) is 11.1. The van der Waals surface area contributed by atoms with Crippen molar-refractivity contribution in [2.75, 3.05) is 4.90 Å². The molecule has 1 heterocycles. The third kappa shape index (κ3) is 1.78. The number of imide groups is 1. The molecule has 1 N–H and O–H groups in total. The lowest BCUT2D eigenvalue weighted by Crippen LogP contribution is -2.33. The van der Waals surface area contributed by atoms with Crippen LogP contribution in [0.2, 0.25) is 0 Å². The zero-order valence-corrected chi connectivity index (χ0v) is 11.1. The summed E-state index contributed by atoms with van der Waals surface area (Å²) in [5, 5.41) is 9.61. The molecule has 96 valence electrons. The maximum Gasteiger partial charge on any atom is 0.239 e. The van der Waals surface area contributed by atoms with E-state index in [1.165, 1.54) is 4.90 Å². The predicted octanol–water partition coefficient (Wildman–Crippen LogP) is 2.30. The lowest BCUT2D eigenvalue weighted by molar-refractivity contribution is -0.124. The Morgan fingerprint density at radius 2 is 1.78 bits per heavy atom. The summed E-state index contributed by atoms with van der Waals surface area (Å²) in [4.78, 5) is 25.5. The number of carbonyl (C=O) groups excluding carboxylic acids is 2. The number of rotatable bonds is 1. The van der Waals surface area contributed by atoms with Crippen LogP contribution in [0.5, 0.6) is 5.75 Å². The smallest absolute Gasteiger partial charge is 0.239 e. The number of amides is 2. The van der Waals surface area contributed by atoms with Crippen molar-refractivity contribution in [2.24, 2.45) is 5.41 Å². The lowest BCUT2D eigenvalue weighted by atomic mass is 9.92. The summed E-state index contributed by atoms with van der Waals surface area (Å²) in [6.07, 6.45) is 0.227. The summed E-state index contributed by atoms with van der Waals surface area (Å²) in [5.74, 6) is -0.187. The van der Waals surface area contributed by atoms with Crippen LogP contribution in [-0.2, 0) is 9.59 Å². The number of aromatic hydroxyl groups is 1. The van der Waals surface area contributed by atoms with Crippen molar-refractivity contribution in [1.29, 1.82) is 0 Å². The molecular formula is C14H17NO3. The molecule has 0 unspecified atom stereocenters. The normalized spacial score (nSPS) is 18.6. The Kier molecular flexibility index (Phi) is 2.69. The maximum atomic E-state index is 12.2. The van der Waals surface area contributed by atoms with Gasteiger partial charge in [-0.3, -0.25) is 9.59 Å². The first kappa shape index (κ1) is 12.6. The summed E-state index contributed by atoms with van der Waals surface area (Å²) in [7, 11) is 0. The van der Waals surface area contributed by atoms with Crippen molar-refractivity contribution in [2.45, 2.75) is 34.1 Å². The largest absolute Gasteiger partial charge is 0.508 e. The molecular weight excluding hydrogens is 230 g/mol. The number of aryl methyl sites for hydroxylation is 2. The molecule has 1 fully saturated rings. The first-order valence-corrected chi connectivity index (χ1v) is 5.91. The number of phenolic OH excluding ortho intramolecular Hbond substituents is 1. The second kappa shape index (κ2) is 3.83. The molecule has 1 aromatic rings. The Morgan fingerprint density at radius 3 is 2.28 bits per heavy atom. The molecule has 0 atom stereocenters. The first-order valence-electron chi connectivity index (χ1n) is 5.91. The average Bonchev–Trinajstić information content (AvgIpc) is 2.43. The number of nitrogens with zero attached hydrogens (tertiary/aromatic N) is 1. The standard InChI is InChI=1S/C14H17NO3/c1-8-6-11(16)9(2)5-10(8)15-12(17)7-14(3,4)13(15)18/h5-6,16H,7H2,1-4H3. The van der Waals surface area contributed by atoms with E-state index in [1.807, 2.05) is 0 Å². The van der Waals surface area contributed by atoms with Crippen molar-refractivity contribution in [3.8, 4) is 5.75 Å². The van der Waals surface area contributed by atoms with Crippen LogP contribution in [-0.4, -0.2) is 16.9 Å². The molecule has 0 spiro atoms. The second-order valence-corrected chi connectivity index (χ2v) is 5.52. The molecule has 1 aliphatic rings. The van der Waals surface area contributed by atoms with Crippen LogP contribution in [0, 0.1) is 19.3 Å². The number of anilines is 1. The number of hydrogen-bond acceptors (Lipinski definition) is 3. The molecule has 1 saturated heterocycles. The molecule has 18 heavy (non-hydrogen) atoms. The Hall–Kier alpha value is -1.84. The summed E-state index contributed by atoms with van der Waals surface area (Å²) in [6, 6.07) is 3.26. The highest BCUT2D eigenvalue weighted by molar-refractivity contribution is 6.22. The molecule has 0 aliphatic carbocycles. The highest BCUT2D eigenvalue weighted by Crippen LogP contribution is 2.37. The van der Waals surface area contributed by atoms with Gasteiger partial charge < -0.3 is 5.11 Å². The first-order chi connectivity index (χ1) is 8.24. The van der Waals surface area contributed by atoms with Crippen LogP contribution in [0.3, 0.4) is 0 Å². The van der Waals surface area contributed by atoms with Crippen molar-refractivity contribution < 1.29 is 14.7 Å². The summed E-state index contributed by atoms with van der Waals surface area (Å²) < 4.78 is 0. The van der Waals surface area contributed by atoms with E-state index in [0.717, 1.165) is 5.56 Å². The molecule has 0 radical (unpaired) electrons. The van der Waals surface area contributed by atoms with Gasteiger partial charge in [0.1, 0.15) is 5.75 Å². The number of hydrogen-bond donors (Lipinski definition) is 1. The van der Waals surface area contributed by atoms with Gasteiger partial charge >= 0.3 is 0 Å². The van der Waals surface area contributed by atoms with Gasteiger partial charge in [0.15, 0.2) is 0 Å². The van der Waals surface area contributed by atoms with Gasteiger partial charge in [0.05, 0.1) is 11.1 Å². The highest BCUT2D eigenvalue weighted by Gasteiger charge is 2.45. The topological polar surface area (TPSA) is 57.6 Å². The van der Waals surface area contributed by atoms with Gasteiger partial charge in [-0.05, 0) is 37.1 Å². The molecule has 2 amide bonds. The van der Waals surface area contributed by atoms with E-state index < -0.39 is 5.41 Å². The number of benzene rings is 1. The van der Waals surface area contributed by atoms with Gasteiger partial charge in [-0.25, -0.2) is 4.90 Å². The van der Waals surface area contributed by atoms with Crippen LogP contribution in [0.1, 0.15) is 31.4 Å². The Labute approximate surface area is 106 Å². The lowest BCUT2D eigenvalue weighted by Gasteiger charge is -2.20. The average molecular weight is 247 g/mol. The van der Waals surface area contributed by atoms with Gasteiger partial charge in [0.2, 0.25) is 11.8 Å². The van der Waals surface area contributed by atoms with Gasteiger partial charge in [-0.1, -0.05) is 13.8 Å². The van der Waals surface area contributed by atoms with E-state index in [-0.39, 0.29) is 24.0 Å². The fraction of sp³-hybridized carbons (Fsp3) is 0.429. The third-order valence-electron chi connectivity index (χ3n) is 3.38. The molecule has 4 nitrogen and oxygen atoms in total. The minimum atomic E-state index is -0.644. The van der Waals surface area contributed by atoms with Gasteiger partial charge in [0.25, 0.3) is 0 Å². The maximum absolute atomic E-state index is 12.2. The minimum Gasteiger partial charge on any atom is -0.508 e. The summed E-state index contributed by atoms with van der Waals surface area (Å²) in [5.41, 5.74) is 1.30. The predicted molar refractivity (Wildman–Crippen MR) is 68.5 cm³/mol. The second-order valence-electron chi connectivity index (χ2n) is 5.52. The quantitative estimate of drug-likeness (QED) is 0.775. The van der Waals surface area contributed by atoms with Gasteiger partial charge in [0, 0.05) is 6.42 Å². The number of phenols is 1. The van der Waals surface area contributed by atoms with E-state index in [2.05, 4.69) is 0 Å². The summed E-state index contributed by atoms with van der Waals surface area (Å²) >= 11 is 0. The Morgan fingerprint density at radius 1 is 1.17 bits per heavy atom. The van der Waals surface area contributed by atoms with Crippen LogP contribution < -0.4 is 4.90 Å². The van der Waals surface area contributed by atoms with Crippen molar-refractivity contribution in [3.63, 3.8) is 0 Å². The van der Waals surface area contributed by atoms with Gasteiger partial charge in [-0.15, -0.1) is 0 Å². The van der Waals surface area contributed by atoms with E-state index in [9.17, 15) is 14.7 Å². The van der Waals surface area contributed by atoms with Gasteiger partial charge in [-0.2, -0.15) is 0 Å². The molecule has 0 aromatic heterocycles. The fourth-order valence-corrected chi connectivity index (χ4v) is 2.22. The Bertz CT molecular complexity index is 546. The van der Waals surface area contributed by atoms with Crippen LogP contribution in [0.25, 0.3) is 0 Å².